The third kappa shape index (κ3) is 1.50. The van der Waals surface area contributed by atoms with E-state index in [1.807, 2.05) is 6.92 Å². The average molecular weight is 302 g/mol. The minimum absolute atomic E-state index is 0.0954. The molecule has 0 saturated heterocycles. The molecule has 3 fully saturated rings. The van der Waals surface area contributed by atoms with E-state index in [9.17, 15) is 9.59 Å². The van der Waals surface area contributed by atoms with Crippen LogP contribution in [0.5, 0.6) is 0 Å². The Morgan fingerprint density at radius 2 is 1.82 bits per heavy atom. The molecule has 0 bridgehead atoms. The van der Waals surface area contributed by atoms with Gasteiger partial charge in [0, 0.05) is 17.3 Å². The molecule has 0 aromatic rings. The number of allylic oxidation sites excluding steroid dienone is 4. The van der Waals surface area contributed by atoms with Crippen molar-refractivity contribution in [3.05, 3.63) is 23.8 Å². The van der Waals surface area contributed by atoms with Crippen molar-refractivity contribution >= 4 is 11.6 Å². The Morgan fingerprint density at radius 3 is 2.59 bits per heavy atom. The Morgan fingerprint density at radius 1 is 1.09 bits per heavy atom. The average Bonchev–Trinajstić information content (AvgIpc) is 2.77. The monoisotopic (exact) mass is 302 g/mol. The molecule has 0 radical (unpaired) electrons. The molecule has 0 aromatic carbocycles. The number of Topliss-reactive ketones (excluding diaryl/α,β-unsaturated/α-hetero) is 1. The topological polar surface area (TPSA) is 34.1 Å². The molecule has 2 nitrogen and oxygen atoms in total. The van der Waals surface area contributed by atoms with Crippen LogP contribution < -0.4 is 0 Å². The smallest absolute Gasteiger partial charge is 0.178 e. The van der Waals surface area contributed by atoms with Crippen LogP contribution in [0.3, 0.4) is 0 Å². The van der Waals surface area contributed by atoms with E-state index in [4.69, 9.17) is 0 Å². The van der Waals surface area contributed by atoms with E-state index in [-0.39, 0.29) is 17.1 Å². The van der Waals surface area contributed by atoms with Crippen LogP contribution in [0.4, 0.5) is 4.39 Å². The van der Waals surface area contributed by atoms with E-state index >= 15 is 4.39 Å². The van der Waals surface area contributed by atoms with Gasteiger partial charge in [0.2, 0.25) is 0 Å². The van der Waals surface area contributed by atoms with Crippen molar-refractivity contribution in [1.29, 1.82) is 0 Å². The van der Waals surface area contributed by atoms with Gasteiger partial charge in [-0.2, -0.15) is 0 Å². The van der Waals surface area contributed by atoms with Crippen molar-refractivity contribution in [1.82, 2.24) is 0 Å². The molecule has 0 aliphatic heterocycles. The van der Waals surface area contributed by atoms with E-state index in [0.717, 1.165) is 25.7 Å². The molecule has 0 spiro atoms. The van der Waals surface area contributed by atoms with Crippen molar-refractivity contribution in [3.8, 4) is 0 Å². The lowest BCUT2D eigenvalue weighted by atomic mass is 9.45. The number of halogens is 1. The summed E-state index contributed by atoms with van der Waals surface area (Å²) < 4.78 is 16.0. The third-order valence-electron chi connectivity index (χ3n) is 7.42. The Labute approximate surface area is 130 Å². The fourth-order valence-electron chi connectivity index (χ4n) is 5.94. The molecule has 5 atom stereocenters. The summed E-state index contributed by atoms with van der Waals surface area (Å²) in [6.07, 6.45) is 9.04. The van der Waals surface area contributed by atoms with Gasteiger partial charge in [0.15, 0.2) is 11.5 Å². The summed E-state index contributed by atoms with van der Waals surface area (Å²) in [7, 11) is 0. The molecule has 0 heterocycles. The van der Waals surface area contributed by atoms with Crippen molar-refractivity contribution in [2.45, 2.75) is 58.0 Å². The maximum atomic E-state index is 16.0. The van der Waals surface area contributed by atoms with E-state index in [1.54, 1.807) is 0 Å². The second-order valence-corrected chi connectivity index (χ2v) is 8.17. The second-order valence-electron chi connectivity index (χ2n) is 8.17. The Kier molecular flexibility index (Phi) is 2.73. The van der Waals surface area contributed by atoms with Crippen LogP contribution in [0.15, 0.2) is 23.8 Å². The number of rotatable bonds is 0. The third-order valence-corrected chi connectivity index (χ3v) is 7.42. The molecular weight excluding hydrogens is 279 g/mol. The lowest BCUT2D eigenvalue weighted by Gasteiger charge is -2.59. The van der Waals surface area contributed by atoms with Gasteiger partial charge < -0.3 is 0 Å². The second kappa shape index (κ2) is 4.18. The van der Waals surface area contributed by atoms with Crippen LogP contribution in [0.25, 0.3) is 0 Å². The lowest BCUT2D eigenvalue weighted by Crippen LogP contribution is -2.58. The first-order chi connectivity index (χ1) is 10.3. The highest BCUT2D eigenvalue weighted by Crippen LogP contribution is 2.67. The number of carbonyl (C=O) groups excluding carboxylic acids is 2. The minimum Gasteiger partial charge on any atom is -0.299 e. The van der Waals surface area contributed by atoms with Gasteiger partial charge in [-0.05, 0) is 67.7 Å². The first-order valence-electron chi connectivity index (χ1n) is 8.48. The molecule has 3 saturated carbocycles. The van der Waals surface area contributed by atoms with Gasteiger partial charge in [-0.15, -0.1) is 0 Å². The van der Waals surface area contributed by atoms with Gasteiger partial charge in [-0.1, -0.05) is 13.8 Å². The van der Waals surface area contributed by atoms with Gasteiger partial charge in [0.1, 0.15) is 5.78 Å². The summed E-state index contributed by atoms with van der Waals surface area (Å²) in [5, 5.41) is 0. The van der Waals surface area contributed by atoms with E-state index < -0.39 is 11.1 Å². The van der Waals surface area contributed by atoms with Crippen LogP contribution >= 0.6 is 0 Å². The van der Waals surface area contributed by atoms with Crippen molar-refractivity contribution in [2.75, 3.05) is 0 Å². The Bertz CT molecular complexity index is 633. The molecule has 3 heteroatoms. The van der Waals surface area contributed by atoms with Crippen molar-refractivity contribution < 1.29 is 14.0 Å². The summed E-state index contributed by atoms with van der Waals surface area (Å²) in [4.78, 5) is 24.0. The number of hydrogen-bond donors (Lipinski definition) is 0. The number of hydrogen-bond acceptors (Lipinski definition) is 2. The normalized spacial score (nSPS) is 50.2. The molecule has 0 N–H and O–H groups in total. The highest BCUT2D eigenvalue weighted by molar-refractivity contribution is 6.01. The SMILES string of the molecule is C[C@]12CC[C@]3(C)C(=O)CCC3[C@@H]1CCC1=CC(=O)C=C[C@@]12F. The summed E-state index contributed by atoms with van der Waals surface area (Å²) in [6, 6.07) is 0. The van der Waals surface area contributed by atoms with Gasteiger partial charge in [-0.3, -0.25) is 9.59 Å². The highest BCUT2D eigenvalue weighted by Gasteiger charge is 2.65. The first kappa shape index (κ1) is 14.3. The largest absolute Gasteiger partial charge is 0.299 e. The van der Waals surface area contributed by atoms with Crippen molar-refractivity contribution in [3.63, 3.8) is 0 Å². The lowest BCUT2D eigenvalue weighted by molar-refractivity contribution is -0.140. The zero-order valence-electron chi connectivity index (χ0n) is 13.3. The number of alkyl halides is 1. The summed E-state index contributed by atoms with van der Waals surface area (Å²) in [5.74, 6) is 0.821. The number of ketones is 2. The number of fused-ring (bicyclic) bond motifs is 5. The zero-order chi connectivity index (χ0) is 15.8. The predicted octanol–water partition coefficient (Wildman–Crippen LogP) is 3.96. The Hall–Kier alpha value is -1.25. The van der Waals surface area contributed by atoms with Gasteiger partial charge in [0.25, 0.3) is 0 Å². The molecular formula is C19H23FO2. The maximum absolute atomic E-state index is 16.0. The van der Waals surface area contributed by atoms with Crippen LogP contribution in [0, 0.1) is 22.7 Å². The molecule has 4 rings (SSSR count). The van der Waals surface area contributed by atoms with E-state index in [2.05, 4.69) is 6.92 Å². The van der Waals surface area contributed by atoms with E-state index in [0.29, 0.717) is 30.1 Å². The molecule has 1 unspecified atom stereocenters. The molecule has 4 aliphatic carbocycles. The highest BCUT2D eigenvalue weighted by atomic mass is 19.1. The fourth-order valence-corrected chi connectivity index (χ4v) is 5.94. The van der Waals surface area contributed by atoms with E-state index in [1.165, 1.54) is 18.2 Å². The zero-order valence-corrected chi connectivity index (χ0v) is 13.3. The quantitative estimate of drug-likeness (QED) is 0.679. The predicted molar refractivity (Wildman–Crippen MR) is 82.0 cm³/mol. The minimum atomic E-state index is -1.50. The number of carbonyl (C=O) groups is 2. The Balaban J connectivity index is 1.79. The summed E-state index contributed by atoms with van der Waals surface area (Å²) in [5.41, 5.74) is -1.57. The summed E-state index contributed by atoms with van der Waals surface area (Å²) in [6.45, 7) is 4.15. The molecule has 0 aromatic heterocycles. The first-order valence-corrected chi connectivity index (χ1v) is 8.48. The van der Waals surface area contributed by atoms with Crippen molar-refractivity contribution in [2.24, 2.45) is 22.7 Å². The molecule has 22 heavy (non-hydrogen) atoms. The standard InChI is InChI=1S/C19H23FO2/c1-17-9-10-18(2)15(14(17)5-6-16(17)22)4-3-12-11-13(21)7-8-19(12,18)20/h7-8,11,14-15H,3-6,9-10H2,1-2H3/t14?,15-,17-,18-,19+/m0/s1. The van der Waals surface area contributed by atoms with Crippen LogP contribution in [-0.4, -0.2) is 17.2 Å². The van der Waals surface area contributed by atoms with Gasteiger partial charge in [0.05, 0.1) is 0 Å². The fraction of sp³-hybridized carbons (Fsp3) is 0.684. The van der Waals surface area contributed by atoms with Gasteiger partial charge >= 0.3 is 0 Å². The maximum Gasteiger partial charge on any atom is 0.178 e. The summed E-state index contributed by atoms with van der Waals surface area (Å²) >= 11 is 0. The van der Waals surface area contributed by atoms with Gasteiger partial charge in [-0.25, -0.2) is 4.39 Å². The molecule has 118 valence electrons. The van der Waals surface area contributed by atoms with Crippen LogP contribution in [-0.2, 0) is 9.59 Å². The van der Waals surface area contributed by atoms with Crippen LogP contribution in [0.1, 0.15) is 52.4 Å². The molecule has 0 amide bonds. The molecule has 4 aliphatic rings. The van der Waals surface area contributed by atoms with Crippen LogP contribution in [0.2, 0.25) is 0 Å².